The highest BCUT2D eigenvalue weighted by Gasteiger charge is 2.36. The number of hydrogen-bond acceptors (Lipinski definition) is 6. The lowest BCUT2D eigenvalue weighted by Gasteiger charge is -2.39. The van der Waals surface area contributed by atoms with Crippen LogP contribution in [0.25, 0.3) is 0 Å². The second kappa shape index (κ2) is 13.6. The fourth-order valence-corrected chi connectivity index (χ4v) is 6.06. The summed E-state index contributed by atoms with van der Waals surface area (Å²) >= 11 is 1.51. The average Bonchev–Trinajstić information content (AvgIpc) is 3.44. The molecule has 8 nitrogen and oxygen atoms in total. The summed E-state index contributed by atoms with van der Waals surface area (Å²) in [5.41, 5.74) is 0.641. The number of nitrogens with one attached hydrogen (secondary N) is 1. The SMILES string of the molecule is COc1ccc(CCN2C[C@H](O)C(C)(C)COCCC[C@H]3CN(C(=O)Nc4cccs4)CC[C@H]3CC2=O)cc1. The summed E-state index contributed by atoms with van der Waals surface area (Å²) in [6, 6.07) is 11.6. The van der Waals surface area contributed by atoms with Crippen molar-refractivity contribution in [3.8, 4) is 5.75 Å². The van der Waals surface area contributed by atoms with Crippen LogP contribution in [0.1, 0.15) is 45.1 Å². The Bertz CT molecular complexity index is 1060. The number of aliphatic hydroxyl groups excluding tert-OH is 1. The third-order valence-corrected chi connectivity index (χ3v) is 8.97. The lowest BCUT2D eigenvalue weighted by Crippen LogP contribution is -2.48. The van der Waals surface area contributed by atoms with E-state index in [1.165, 1.54) is 11.3 Å². The molecule has 39 heavy (non-hydrogen) atoms. The van der Waals surface area contributed by atoms with Gasteiger partial charge in [-0.05, 0) is 72.7 Å². The number of carbonyl (C=O) groups excluding carboxylic acids is 2. The Morgan fingerprint density at radius 3 is 2.69 bits per heavy atom. The zero-order valence-corrected chi connectivity index (χ0v) is 24.3. The van der Waals surface area contributed by atoms with E-state index in [1.807, 2.05) is 65.4 Å². The van der Waals surface area contributed by atoms with Crippen LogP contribution >= 0.6 is 11.3 Å². The Morgan fingerprint density at radius 2 is 1.97 bits per heavy atom. The molecule has 4 rings (SSSR count). The predicted molar refractivity (Wildman–Crippen MR) is 154 cm³/mol. The summed E-state index contributed by atoms with van der Waals surface area (Å²) < 4.78 is 11.3. The fourth-order valence-electron chi connectivity index (χ4n) is 5.46. The normalized spacial score (nSPS) is 24.6. The first-order valence-corrected chi connectivity index (χ1v) is 14.9. The summed E-state index contributed by atoms with van der Waals surface area (Å²) in [7, 11) is 1.65. The van der Waals surface area contributed by atoms with Gasteiger partial charge in [-0.2, -0.15) is 0 Å². The van der Waals surface area contributed by atoms with Crippen molar-refractivity contribution in [1.29, 1.82) is 0 Å². The molecule has 2 aliphatic heterocycles. The van der Waals surface area contributed by atoms with Gasteiger partial charge >= 0.3 is 6.03 Å². The largest absolute Gasteiger partial charge is 0.497 e. The zero-order chi connectivity index (χ0) is 27.8. The maximum Gasteiger partial charge on any atom is 0.322 e. The van der Waals surface area contributed by atoms with Crippen molar-refractivity contribution in [1.82, 2.24) is 9.80 Å². The van der Waals surface area contributed by atoms with E-state index in [9.17, 15) is 14.7 Å². The molecule has 0 saturated carbocycles. The number of benzene rings is 1. The van der Waals surface area contributed by atoms with E-state index in [0.717, 1.165) is 35.6 Å². The quantitative estimate of drug-likeness (QED) is 0.547. The number of likely N-dealkylation sites (tertiary alicyclic amines) is 1. The molecule has 2 aromatic rings. The molecule has 0 spiro atoms. The fraction of sp³-hybridized carbons (Fsp3) is 0.600. The highest BCUT2D eigenvalue weighted by Crippen LogP contribution is 2.32. The van der Waals surface area contributed by atoms with Gasteiger partial charge in [0.25, 0.3) is 0 Å². The van der Waals surface area contributed by atoms with Crippen molar-refractivity contribution in [3.05, 3.63) is 47.3 Å². The van der Waals surface area contributed by atoms with Crippen molar-refractivity contribution in [2.45, 2.75) is 52.1 Å². The first-order chi connectivity index (χ1) is 18.7. The van der Waals surface area contributed by atoms with Gasteiger partial charge in [-0.15, -0.1) is 11.3 Å². The zero-order valence-electron chi connectivity index (χ0n) is 23.4. The molecule has 0 unspecified atom stereocenters. The Kier molecular flexibility index (Phi) is 10.3. The smallest absolute Gasteiger partial charge is 0.322 e. The van der Waals surface area contributed by atoms with E-state index >= 15 is 0 Å². The number of ether oxygens (including phenoxy) is 2. The number of piperidine rings is 1. The number of rotatable bonds is 5. The summed E-state index contributed by atoms with van der Waals surface area (Å²) in [6.07, 6.45) is 2.98. The summed E-state index contributed by atoms with van der Waals surface area (Å²) in [6.45, 7) is 7.09. The minimum atomic E-state index is -0.698. The number of carbonyl (C=O) groups is 2. The Morgan fingerprint density at radius 1 is 1.18 bits per heavy atom. The highest BCUT2D eigenvalue weighted by molar-refractivity contribution is 7.14. The summed E-state index contributed by atoms with van der Waals surface area (Å²) in [5.74, 6) is 1.29. The first-order valence-electron chi connectivity index (χ1n) is 14.0. The van der Waals surface area contributed by atoms with Gasteiger partial charge in [0, 0.05) is 44.6 Å². The Balaban J connectivity index is 1.46. The van der Waals surface area contributed by atoms with Crippen molar-refractivity contribution in [2.75, 3.05) is 51.8 Å². The minimum absolute atomic E-state index is 0.0741. The second-order valence-corrected chi connectivity index (χ2v) is 12.5. The van der Waals surface area contributed by atoms with Crippen molar-refractivity contribution >= 4 is 28.3 Å². The van der Waals surface area contributed by atoms with Crippen LogP contribution in [0.5, 0.6) is 5.75 Å². The molecule has 3 amide bonds. The molecule has 0 radical (unpaired) electrons. The van der Waals surface area contributed by atoms with Gasteiger partial charge in [-0.1, -0.05) is 26.0 Å². The topological polar surface area (TPSA) is 91.3 Å². The molecule has 214 valence electrons. The van der Waals surface area contributed by atoms with Gasteiger partial charge in [-0.3, -0.25) is 10.1 Å². The van der Waals surface area contributed by atoms with E-state index < -0.39 is 11.5 Å². The van der Waals surface area contributed by atoms with Crippen molar-refractivity contribution < 1.29 is 24.2 Å². The van der Waals surface area contributed by atoms with Gasteiger partial charge in [0.15, 0.2) is 0 Å². The lowest BCUT2D eigenvalue weighted by molar-refractivity contribution is -0.136. The molecule has 0 bridgehead atoms. The number of urea groups is 1. The third kappa shape index (κ3) is 8.19. The first kappa shape index (κ1) is 29.4. The molecular formula is C30H43N3O5S. The molecule has 2 fully saturated rings. The Hall–Kier alpha value is -2.62. The van der Waals surface area contributed by atoms with Gasteiger partial charge in [0.05, 0.1) is 24.8 Å². The molecule has 3 atom stereocenters. The van der Waals surface area contributed by atoms with Gasteiger partial charge in [-0.25, -0.2) is 4.79 Å². The maximum absolute atomic E-state index is 13.7. The number of fused-ring (bicyclic) bond motifs is 1. The number of aliphatic hydroxyl groups is 1. The second-order valence-electron chi connectivity index (χ2n) is 11.5. The summed E-state index contributed by atoms with van der Waals surface area (Å²) in [5, 5.41) is 16.9. The molecule has 2 N–H and O–H groups in total. The van der Waals surface area contributed by atoms with Gasteiger partial charge in [0.1, 0.15) is 5.75 Å². The van der Waals surface area contributed by atoms with Crippen molar-refractivity contribution in [3.63, 3.8) is 0 Å². The van der Waals surface area contributed by atoms with E-state index in [4.69, 9.17) is 9.47 Å². The highest BCUT2D eigenvalue weighted by atomic mass is 32.1. The molecule has 1 aromatic heterocycles. The van der Waals surface area contributed by atoms with Crippen LogP contribution in [0.15, 0.2) is 41.8 Å². The van der Waals surface area contributed by atoms with E-state index in [-0.39, 0.29) is 30.3 Å². The minimum Gasteiger partial charge on any atom is -0.497 e. The number of β-amino-alcohol motifs (C(OH)–C–C–N with tert-alkyl or cyclic N) is 1. The van der Waals surface area contributed by atoms with Crippen LogP contribution in [0.2, 0.25) is 0 Å². The van der Waals surface area contributed by atoms with Gasteiger partial charge < -0.3 is 24.4 Å². The van der Waals surface area contributed by atoms with Crippen LogP contribution in [0.3, 0.4) is 0 Å². The predicted octanol–water partition coefficient (Wildman–Crippen LogP) is 4.89. The van der Waals surface area contributed by atoms with Crippen LogP contribution < -0.4 is 10.1 Å². The Labute approximate surface area is 236 Å². The number of amides is 3. The summed E-state index contributed by atoms with van der Waals surface area (Å²) in [4.78, 5) is 30.4. The molecule has 2 aliphatic rings. The van der Waals surface area contributed by atoms with Gasteiger partial charge in [0.2, 0.25) is 5.91 Å². The molecular weight excluding hydrogens is 514 g/mol. The molecule has 0 aliphatic carbocycles. The van der Waals surface area contributed by atoms with Crippen LogP contribution in [0, 0.1) is 17.3 Å². The van der Waals surface area contributed by atoms with Crippen LogP contribution in [-0.4, -0.2) is 79.5 Å². The van der Waals surface area contributed by atoms with Crippen molar-refractivity contribution in [2.24, 2.45) is 17.3 Å². The lowest BCUT2D eigenvalue weighted by atomic mass is 9.80. The van der Waals surface area contributed by atoms with E-state index in [0.29, 0.717) is 45.7 Å². The number of thiophene rings is 1. The monoisotopic (exact) mass is 557 g/mol. The number of methoxy groups -OCH3 is 1. The third-order valence-electron chi connectivity index (χ3n) is 8.18. The van der Waals surface area contributed by atoms with E-state index in [2.05, 4.69) is 5.32 Å². The standard InChI is InChI=1S/C30H43N3O5S/c1-30(2)21-38-16-4-6-24-19-33(29(36)31-27-7-5-17-39-27)15-13-23(24)18-28(35)32(20-26(30)34)14-12-22-8-10-25(37-3)11-9-22/h5,7-11,17,23-24,26,34H,4,6,12-16,18-21H2,1-3H3,(H,31,36)/t23-,24-,26-/m0/s1. The number of nitrogens with zero attached hydrogens (tertiary/aromatic N) is 2. The molecule has 2 saturated heterocycles. The molecule has 1 aromatic carbocycles. The van der Waals surface area contributed by atoms with Crippen LogP contribution in [-0.2, 0) is 16.0 Å². The molecule has 3 heterocycles. The number of hydrogen-bond donors (Lipinski definition) is 2. The average molecular weight is 558 g/mol. The number of anilines is 1. The molecule has 9 heteroatoms. The maximum atomic E-state index is 13.7. The van der Waals surface area contributed by atoms with E-state index in [1.54, 1.807) is 7.11 Å². The van der Waals surface area contributed by atoms with Crippen LogP contribution in [0.4, 0.5) is 9.80 Å².